The van der Waals surface area contributed by atoms with Crippen LogP contribution in [0.1, 0.15) is 11.1 Å². The Morgan fingerprint density at radius 1 is 0.927 bits per heavy atom. The second-order valence-corrected chi connectivity index (χ2v) is 11.6. The van der Waals surface area contributed by atoms with Gasteiger partial charge in [0, 0.05) is 66.4 Å². The number of hydrogen-bond acceptors (Lipinski definition) is 6. The van der Waals surface area contributed by atoms with Crippen LogP contribution in [0, 0.1) is 0 Å². The van der Waals surface area contributed by atoms with Crippen LogP contribution in [0.15, 0.2) is 85.5 Å². The van der Waals surface area contributed by atoms with E-state index in [1.165, 1.54) is 11.3 Å². The third kappa shape index (κ3) is 6.83. The molecule has 214 valence electrons. The number of halogens is 3. The van der Waals surface area contributed by atoms with Crippen molar-refractivity contribution in [3.8, 4) is 5.75 Å². The van der Waals surface area contributed by atoms with Gasteiger partial charge in [0.2, 0.25) is 5.79 Å². The number of hydrogen-bond donors (Lipinski definition) is 0. The summed E-state index contributed by atoms with van der Waals surface area (Å²) in [6.07, 6.45) is 5.03. The molecule has 1 aromatic heterocycles. The Kier molecular flexibility index (Phi) is 8.72. The van der Waals surface area contributed by atoms with Crippen molar-refractivity contribution < 1.29 is 14.2 Å². The van der Waals surface area contributed by atoms with Gasteiger partial charge in [-0.05, 0) is 54.1 Å². The molecule has 0 saturated carbocycles. The molecule has 6 rings (SSSR count). The fourth-order valence-electron chi connectivity index (χ4n) is 5.38. The summed E-state index contributed by atoms with van der Waals surface area (Å²) in [6.45, 7) is 5.97. The van der Waals surface area contributed by atoms with Crippen molar-refractivity contribution in [2.45, 2.75) is 25.0 Å². The maximum absolute atomic E-state index is 6.58. The Morgan fingerprint density at radius 3 is 2.46 bits per heavy atom. The molecule has 2 aliphatic rings. The minimum absolute atomic E-state index is 0.280. The summed E-state index contributed by atoms with van der Waals surface area (Å²) in [5.41, 5.74) is 3.16. The summed E-state index contributed by atoms with van der Waals surface area (Å²) < 4.78 is 20.8. The fourth-order valence-corrected chi connectivity index (χ4v) is 6.14. The first-order valence-electron chi connectivity index (χ1n) is 13.6. The molecule has 2 aliphatic heterocycles. The van der Waals surface area contributed by atoms with Gasteiger partial charge in [0.1, 0.15) is 18.5 Å². The zero-order valence-electron chi connectivity index (χ0n) is 22.5. The number of ether oxygens (including phenoxy) is 3. The standard InChI is InChI=1S/C31H31Cl3N4O3/c32-24-3-1-2-23(16-24)18-36-12-14-38(15-13-36)26-5-7-27(8-6-26)39-19-28-20-40-31(41-28,21-37-11-10-35-22-37)29-9-4-25(33)17-30(29)34/h1-11,16-17,22,28H,12-15,18-21H2/t28-,31-/m1/s1. The van der Waals surface area contributed by atoms with E-state index in [1.807, 2.05) is 47.2 Å². The summed E-state index contributed by atoms with van der Waals surface area (Å²) in [5.74, 6) is -0.289. The van der Waals surface area contributed by atoms with Gasteiger partial charge in [0.25, 0.3) is 0 Å². The summed E-state index contributed by atoms with van der Waals surface area (Å²) in [7, 11) is 0. The van der Waals surface area contributed by atoms with Crippen LogP contribution in [0.3, 0.4) is 0 Å². The Balaban J connectivity index is 1.03. The first-order chi connectivity index (χ1) is 20.0. The van der Waals surface area contributed by atoms with E-state index in [-0.39, 0.29) is 6.10 Å². The van der Waals surface area contributed by atoms with Gasteiger partial charge in [0.05, 0.1) is 24.5 Å². The van der Waals surface area contributed by atoms with E-state index >= 15 is 0 Å². The van der Waals surface area contributed by atoms with Crippen LogP contribution in [0.25, 0.3) is 0 Å². The fraction of sp³-hybridized carbons (Fsp3) is 0.323. The molecule has 0 bridgehead atoms. The van der Waals surface area contributed by atoms with Crippen LogP contribution < -0.4 is 9.64 Å². The van der Waals surface area contributed by atoms with E-state index in [2.05, 4.69) is 33.0 Å². The molecule has 7 nitrogen and oxygen atoms in total. The highest BCUT2D eigenvalue weighted by atomic mass is 35.5. The monoisotopic (exact) mass is 612 g/mol. The molecule has 0 aliphatic carbocycles. The topological polar surface area (TPSA) is 52.0 Å². The molecule has 2 atom stereocenters. The lowest BCUT2D eigenvalue weighted by molar-refractivity contribution is -0.189. The number of anilines is 1. The third-order valence-corrected chi connectivity index (χ3v) is 8.24. The van der Waals surface area contributed by atoms with Crippen LogP contribution in [0.2, 0.25) is 15.1 Å². The average Bonchev–Trinajstić information content (AvgIpc) is 3.63. The van der Waals surface area contributed by atoms with Crippen LogP contribution in [-0.2, 0) is 28.4 Å². The van der Waals surface area contributed by atoms with Gasteiger partial charge >= 0.3 is 0 Å². The molecular formula is C31H31Cl3N4O3. The lowest BCUT2D eigenvalue weighted by Gasteiger charge is -2.36. The molecule has 0 spiro atoms. The molecule has 2 fully saturated rings. The molecule has 0 amide bonds. The van der Waals surface area contributed by atoms with E-state index in [4.69, 9.17) is 49.0 Å². The molecule has 3 aromatic carbocycles. The number of rotatable bonds is 9. The smallest absolute Gasteiger partial charge is 0.215 e. The van der Waals surface area contributed by atoms with E-state index in [0.717, 1.165) is 49.1 Å². The molecule has 2 saturated heterocycles. The maximum atomic E-state index is 6.58. The largest absolute Gasteiger partial charge is 0.491 e. The summed E-state index contributed by atoms with van der Waals surface area (Å²) in [4.78, 5) is 9.02. The normalized spacial score (nSPS) is 21.3. The zero-order valence-corrected chi connectivity index (χ0v) is 24.7. The second-order valence-electron chi connectivity index (χ2n) is 10.4. The van der Waals surface area contributed by atoms with Crippen LogP contribution in [0.5, 0.6) is 5.75 Å². The average molecular weight is 614 g/mol. The molecule has 41 heavy (non-hydrogen) atoms. The van der Waals surface area contributed by atoms with Crippen molar-refractivity contribution in [1.82, 2.24) is 14.5 Å². The summed E-state index contributed by atoms with van der Waals surface area (Å²) in [6, 6.07) is 21.7. The third-order valence-electron chi connectivity index (χ3n) is 7.46. The molecule has 0 unspecified atom stereocenters. The van der Waals surface area contributed by atoms with Crippen molar-refractivity contribution in [3.05, 3.63) is 112 Å². The molecule has 3 heterocycles. The quantitative estimate of drug-likeness (QED) is 0.215. The van der Waals surface area contributed by atoms with Gasteiger partial charge in [-0.1, -0.05) is 53.0 Å². The predicted octanol–water partition coefficient (Wildman–Crippen LogP) is 6.51. The van der Waals surface area contributed by atoms with Crippen LogP contribution in [0.4, 0.5) is 5.69 Å². The second kappa shape index (κ2) is 12.6. The molecule has 10 heteroatoms. The Hall–Kier alpha value is -2.78. The predicted molar refractivity (Wildman–Crippen MR) is 162 cm³/mol. The van der Waals surface area contributed by atoms with E-state index in [9.17, 15) is 0 Å². The SMILES string of the molecule is Clc1cccc(CN2CCN(c3ccc(OC[C@@H]4CO[C@@](Cn5ccnc5)(c5ccc(Cl)cc5Cl)O4)cc3)CC2)c1. The number of imidazole rings is 1. The zero-order chi connectivity index (χ0) is 28.2. The van der Waals surface area contributed by atoms with E-state index in [1.54, 1.807) is 24.7 Å². The highest BCUT2D eigenvalue weighted by molar-refractivity contribution is 6.35. The van der Waals surface area contributed by atoms with Crippen molar-refractivity contribution in [2.24, 2.45) is 0 Å². The first-order valence-corrected chi connectivity index (χ1v) is 14.8. The summed E-state index contributed by atoms with van der Waals surface area (Å²) >= 11 is 18.9. The van der Waals surface area contributed by atoms with Crippen molar-refractivity contribution in [1.29, 1.82) is 0 Å². The van der Waals surface area contributed by atoms with Crippen LogP contribution in [-0.4, -0.2) is 59.9 Å². The van der Waals surface area contributed by atoms with Crippen molar-refractivity contribution >= 4 is 40.5 Å². The van der Waals surface area contributed by atoms with Gasteiger partial charge in [-0.15, -0.1) is 0 Å². The molecular weight excluding hydrogens is 583 g/mol. The Labute approximate surface area is 255 Å². The van der Waals surface area contributed by atoms with Gasteiger partial charge in [0.15, 0.2) is 0 Å². The van der Waals surface area contributed by atoms with Gasteiger partial charge in [-0.3, -0.25) is 4.90 Å². The Bertz CT molecular complexity index is 1450. The van der Waals surface area contributed by atoms with E-state index < -0.39 is 5.79 Å². The number of piperazine rings is 1. The molecule has 0 N–H and O–H groups in total. The minimum Gasteiger partial charge on any atom is -0.491 e. The highest BCUT2D eigenvalue weighted by Crippen LogP contribution is 2.40. The Morgan fingerprint density at radius 2 is 1.73 bits per heavy atom. The lowest BCUT2D eigenvalue weighted by atomic mass is 10.1. The van der Waals surface area contributed by atoms with Gasteiger partial charge < -0.3 is 23.7 Å². The lowest BCUT2D eigenvalue weighted by Crippen LogP contribution is -2.45. The molecule has 4 aromatic rings. The maximum Gasteiger partial charge on any atom is 0.215 e. The van der Waals surface area contributed by atoms with Gasteiger partial charge in [-0.2, -0.15) is 0 Å². The number of nitrogens with zero attached hydrogens (tertiary/aromatic N) is 4. The molecule has 0 radical (unpaired) electrons. The van der Waals surface area contributed by atoms with Gasteiger partial charge in [-0.25, -0.2) is 4.98 Å². The highest BCUT2D eigenvalue weighted by Gasteiger charge is 2.45. The minimum atomic E-state index is -1.07. The first kappa shape index (κ1) is 28.3. The summed E-state index contributed by atoms with van der Waals surface area (Å²) in [5, 5.41) is 1.83. The number of benzene rings is 3. The van der Waals surface area contributed by atoms with Crippen molar-refractivity contribution in [2.75, 3.05) is 44.3 Å². The van der Waals surface area contributed by atoms with Crippen LogP contribution >= 0.6 is 34.8 Å². The van der Waals surface area contributed by atoms with E-state index in [0.29, 0.717) is 29.8 Å². The van der Waals surface area contributed by atoms with Crippen molar-refractivity contribution in [3.63, 3.8) is 0 Å². The number of aromatic nitrogens is 2.